The molecular formula is C21H24N4O2. The molecule has 1 aromatic carbocycles. The van der Waals surface area contributed by atoms with Crippen LogP contribution in [0.5, 0.6) is 0 Å². The van der Waals surface area contributed by atoms with Crippen LogP contribution in [-0.4, -0.2) is 50.6 Å². The maximum Gasteiger partial charge on any atom is 0.253 e. The SMILES string of the molecule is CC(C)(O)C#Cc1cccc(C(=O)N2CCC(Nc3ncccn3)CC2)c1. The Kier molecular flexibility index (Phi) is 5.72. The lowest BCUT2D eigenvalue weighted by Gasteiger charge is -2.32. The first-order valence-corrected chi connectivity index (χ1v) is 9.09. The normalized spacial score (nSPS) is 15.0. The topological polar surface area (TPSA) is 78.4 Å². The summed E-state index contributed by atoms with van der Waals surface area (Å²) < 4.78 is 0. The summed E-state index contributed by atoms with van der Waals surface area (Å²) in [5.41, 5.74) is 0.285. The molecule has 6 nitrogen and oxygen atoms in total. The van der Waals surface area contributed by atoms with E-state index in [1.165, 1.54) is 0 Å². The Bertz CT molecular complexity index is 842. The molecule has 1 amide bonds. The summed E-state index contributed by atoms with van der Waals surface area (Å²) in [5.74, 6) is 6.33. The molecule has 0 radical (unpaired) electrons. The highest BCUT2D eigenvalue weighted by Crippen LogP contribution is 2.17. The molecular weight excluding hydrogens is 340 g/mol. The van der Waals surface area contributed by atoms with Crippen LogP contribution in [0.3, 0.4) is 0 Å². The molecule has 27 heavy (non-hydrogen) atoms. The first kappa shape index (κ1) is 18.9. The third-order valence-corrected chi connectivity index (χ3v) is 4.30. The average Bonchev–Trinajstić information content (AvgIpc) is 2.67. The van der Waals surface area contributed by atoms with Crippen molar-refractivity contribution in [2.45, 2.75) is 38.3 Å². The number of carbonyl (C=O) groups is 1. The number of carbonyl (C=O) groups excluding carboxylic acids is 1. The lowest BCUT2D eigenvalue weighted by molar-refractivity contribution is 0.0718. The van der Waals surface area contributed by atoms with Gasteiger partial charge in [0, 0.05) is 42.7 Å². The molecule has 0 atom stereocenters. The van der Waals surface area contributed by atoms with Gasteiger partial charge in [-0.25, -0.2) is 9.97 Å². The first-order chi connectivity index (χ1) is 12.9. The van der Waals surface area contributed by atoms with Gasteiger partial charge in [-0.2, -0.15) is 0 Å². The highest BCUT2D eigenvalue weighted by atomic mass is 16.3. The number of hydrogen-bond acceptors (Lipinski definition) is 5. The minimum absolute atomic E-state index is 0.0105. The van der Waals surface area contributed by atoms with Crippen LogP contribution in [0.4, 0.5) is 5.95 Å². The third-order valence-electron chi connectivity index (χ3n) is 4.30. The maximum atomic E-state index is 12.8. The van der Waals surface area contributed by atoms with Crippen LogP contribution >= 0.6 is 0 Å². The van der Waals surface area contributed by atoms with E-state index < -0.39 is 5.60 Å². The van der Waals surface area contributed by atoms with Gasteiger partial charge in [-0.05, 0) is 51.0 Å². The number of rotatable bonds is 3. The van der Waals surface area contributed by atoms with Gasteiger partial charge < -0.3 is 15.3 Å². The van der Waals surface area contributed by atoms with E-state index in [0.29, 0.717) is 24.6 Å². The minimum Gasteiger partial charge on any atom is -0.378 e. The molecule has 1 aliphatic heterocycles. The van der Waals surface area contributed by atoms with E-state index in [1.54, 1.807) is 44.4 Å². The zero-order valence-electron chi connectivity index (χ0n) is 15.6. The smallest absolute Gasteiger partial charge is 0.253 e. The Morgan fingerprint density at radius 1 is 1.22 bits per heavy atom. The molecule has 1 aliphatic rings. The fourth-order valence-corrected chi connectivity index (χ4v) is 2.92. The Hall–Kier alpha value is -2.91. The van der Waals surface area contributed by atoms with E-state index in [-0.39, 0.29) is 11.9 Å². The van der Waals surface area contributed by atoms with Gasteiger partial charge in [0.25, 0.3) is 5.91 Å². The molecule has 1 aromatic heterocycles. The zero-order valence-corrected chi connectivity index (χ0v) is 15.6. The van der Waals surface area contributed by atoms with Crippen molar-refractivity contribution in [2.75, 3.05) is 18.4 Å². The lowest BCUT2D eigenvalue weighted by atomic mass is 10.0. The van der Waals surface area contributed by atoms with Gasteiger partial charge in [0.15, 0.2) is 0 Å². The van der Waals surface area contributed by atoms with Gasteiger partial charge in [0.05, 0.1) is 0 Å². The number of nitrogens with zero attached hydrogens (tertiary/aromatic N) is 3. The number of aromatic nitrogens is 2. The van der Waals surface area contributed by atoms with Crippen molar-refractivity contribution in [1.29, 1.82) is 0 Å². The lowest BCUT2D eigenvalue weighted by Crippen LogP contribution is -2.42. The van der Waals surface area contributed by atoms with Crippen molar-refractivity contribution >= 4 is 11.9 Å². The summed E-state index contributed by atoms with van der Waals surface area (Å²) in [5, 5.41) is 13.0. The predicted octanol–water partition coefficient (Wildman–Crippen LogP) is 2.32. The standard InChI is InChI=1S/C21H24N4O2/c1-21(2,27)10-7-16-5-3-6-17(15-16)19(26)25-13-8-18(9-14-25)24-20-22-11-4-12-23-20/h3-6,11-12,15,18,27H,8-9,13-14H2,1-2H3,(H,22,23,24). The van der Waals surface area contributed by atoms with Gasteiger partial charge in [0.2, 0.25) is 5.95 Å². The van der Waals surface area contributed by atoms with Crippen molar-refractivity contribution in [3.05, 3.63) is 53.9 Å². The number of aliphatic hydroxyl groups is 1. The molecule has 2 aromatic rings. The highest BCUT2D eigenvalue weighted by Gasteiger charge is 2.24. The molecule has 140 valence electrons. The van der Waals surface area contributed by atoms with Crippen LogP contribution in [0.1, 0.15) is 42.6 Å². The summed E-state index contributed by atoms with van der Waals surface area (Å²) in [7, 11) is 0. The monoisotopic (exact) mass is 364 g/mol. The number of hydrogen-bond donors (Lipinski definition) is 2. The molecule has 0 unspecified atom stereocenters. The van der Waals surface area contributed by atoms with E-state index in [2.05, 4.69) is 27.1 Å². The Morgan fingerprint density at radius 2 is 1.93 bits per heavy atom. The molecule has 0 saturated carbocycles. The van der Waals surface area contributed by atoms with Gasteiger partial charge in [-0.15, -0.1) is 0 Å². The largest absolute Gasteiger partial charge is 0.378 e. The third kappa shape index (κ3) is 5.53. The molecule has 0 aliphatic carbocycles. The van der Waals surface area contributed by atoms with Crippen molar-refractivity contribution in [1.82, 2.24) is 14.9 Å². The van der Waals surface area contributed by atoms with Crippen molar-refractivity contribution in [3.8, 4) is 11.8 Å². The molecule has 6 heteroatoms. The number of benzene rings is 1. The molecule has 1 fully saturated rings. The molecule has 2 heterocycles. The number of likely N-dealkylation sites (tertiary alicyclic amines) is 1. The second kappa shape index (κ2) is 8.19. The Balaban J connectivity index is 1.60. The average molecular weight is 364 g/mol. The van der Waals surface area contributed by atoms with Gasteiger partial charge in [-0.1, -0.05) is 17.9 Å². The van der Waals surface area contributed by atoms with Crippen LogP contribution < -0.4 is 5.32 Å². The summed E-state index contributed by atoms with van der Waals surface area (Å²) in [6.07, 6.45) is 5.12. The minimum atomic E-state index is -1.06. The van der Waals surface area contributed by atoms with Crippen LogP contribution in [0.2, 0.25) is 0 Å². The van der Waals surface area contributed by atoms with Crippen LogP contribution in [0, 0.1) is 11.8 Å². The van der Waals surface area contributed by atoms with Gasteiger partial charge >= 0.3 is 0 Å². The fraction of sp³-hybridized carbons (Fsp3) is 0.381. The van der Waals surface area contributed by atoms with Crippen molar-refractivity contribution in [2.24, 2.45) is 0 Å². The molecule has 1 saturated heterocycles. The fourth-order valence-electron chi connectivity index (χ4n) is 2.92. The summed E-state index contributed by atoms with van der Waals surface area (Å²) in [4.78, 5) is 23.0. The Labute approximate surface area is 159 Å². The van der Waals surface area contributed by atoms with Gasteiger partial charge in [-0.3, -0.25) is 4.79 Å². The van der Waals surface area contributed by atoms with E-state index in [0.717, 1.165) is 18.4 Å². The second-order valence-corrected chi connectivity index (χ2v) is 7.17. The van der Waals surface area contributed by atoms with E-state index >= 15 is 0 Å². The van der Waals surface area contributed by atoms with Crippen LogP contribution in [0.15, 0.2) is 42.7 Å². The quantitative estimate of drug-likeness (QED) is 0.817. The number of nitrogens with one attached hydrogen (secondary N) is 1. The van der Waals surface area contributed by atoms with Crippen LogP contribution in [0.25, 0.3) is 0 Å². The second-order valence-electron chi connectivity index (χ2n) is 7.17. The van der Waals surface area contributed by atoms with Crippen molar-refractivity contribution < 1.29 is 9.90 Å². The van der Waals surface area contributed by atoms with E-state index in [1.807, 2.05) is 17.0 Å². The summed E-state index contributed by atoms with van der Waals surface area (Å²) in [6, 6.07) is 9.30. The molecule has 0 spiro atoms. The van der Waals surface area contributed by atoms with Crippen LogP contribution in [-0.2, 0) is 0 Å². The van der Waals surface area contributed by atoms with Gasteiger partial charge in [0.1, 0.15) is 5.60 Å². The summed E-state index contributed by atoms with van der Waals surface area (Å²) in [6.45, 7) is 4.63. The number of anilines is 1. The van der Waals surface area contributed by atoms with E-state index in [4.69, 9.17) is 0 Å². The van der Waals surface area contributed by atoms with Crippen molar-refractivity contribution in [3.63, 3.8) is 0 Å². The predicted molar refractivity (Wildman–Crippen MR) is 104 cm³/mol. The zero-order chi connectivity index (χ0) is 19.3. The van der Waals surface area contributed by atoms with E-state index in [9.17, 15) is 9.90 Å². The Morgan fingerprint density at radius 3 is 2.59 bits per heavy atom. The first-order valence-electron chi connectivity index (χ1n) is 9.09. The molecule has 0 bridgehead atoms. The summed E-state index contributed by atoms with van der Waals surface area (Å²) >= 11 is 0. The molecule has 3 rings (SSSR count). The molecule has 2 N–H and O–H groups in total. The number of amides is 1. The highest BCUT2D eigenvalue weighted by molar-refractivity contribution is 5.94. The maximum absolute atomic E-state index is 12.8. The number of piperidine rings is 1.